The maximum absolute atomic E-state index is 10.2. The SMILES string of the molecule is CN(CCO)/[N+]([O-])=N\O.[NaH]. The summed E-state index contributed by atoms with van der Waals surface area (Å²) >= 11 is 0. The van der Waals surface area contributed by atoms with Crippen molar-refractivity contribution < 1.29 is 15.3 Å². The van der Waals surface area contributed by atoms with Gasteiger partial charge in [0.05, 0.1) is 25.2 Å². The molecule has 0 radical (unpaired) electrons. The van der Waals surface area contributed by atoms with Crippen LogP contribution in [0.3, 0.4) is 0 Å². The monoisotopic (exact) mass is 159 g/mol. The molecule has 10 heavy (non-hydrogen) atoms. The molecule has 0 atom stereocenters. The summed E-state index contributed by atoms with van der Waals surface area (Å²) in [6.07, 6.45) is 0. The van der Waals surface area contributed by atoms with Crippen molar-refractivity contribution in [2.45, 2.75) is 0 Å². The molecule has 0 spiro atoms. The molecule has 0 fully saturated rings. The van der Waals surface area contributed by atoms with Crippen LogP contribution in [-0.4, -0.2) is 70.0 Å². The van der Waals surface area contributed by atoms with E-state index in [4.69, 9.17) is 10.3 Å². The predicted molar refractivity (Wildman–Crippen MR) is 34.7 cm³/mol. The zero-order valence-corrected chi connectivity index (χ0v) is 5.06. The quantitative estimate of drug-likeness (QED) is 0.228. The van der Waals surface area contributed by atoms with E-state index in [0.29, 0.717) is 0 Å². The topological polar surface area (TPSA) is 82.1 Å². The van der Waals surface area contributed by atoms with Crippen LogP contribution < -0.4 is 0 Å². The predicted octanol–water partition coefficient (Wildman–Crippen LogP) is -1.47. The average molecular weight is 159 g/mol. The van der Waals surface area contributed by atoms with E-state index in [1.165, 1.54) is 7.05 Å². The van der Waals surface area contributed by atoms with Gasteiger partial charge in [0.25, 0.3) is 0 Å². The van der Waals surface area contributed by atoms with Crippen LogP contribution in [0.4, 0.5) is 0 Å². The fraction of sp³-hybridized carbons (Fsp3) is 1.00. The van der Waals surface area contributed by atoms with E-state index in [-0.39, 0.29) is 47.7 Å². The Morgan fingerprint density at radius 2 is 2.20 bits per heavy atom. The van der Waals surface area contributed by atoms with Crippen molar-refractivity contribution in [3.8, 4) is 0 Å². The molecule has 0 saturated carbocycles. The van der Waals surface area contributed by atoms with Crippen molar-refractivity contribution in [2.75, 3.05) is 20.2 Å². The zero-order chi connectivity index (χ0) is 7.28. The molecule has 6 nitrogen and oxygen atoms in total. The van der Waals surface area contributed by atoms with E-state index in [1.54, 1.807) is 0 Å². The first kappa shape index (κ1) is 12.6. The van der Waals surface area contributed by atoms with Crippen LogP contribution >= 0.6 is 0 Å². The fourth-order valence-corrected chi connectivity index (χ4v) is 0.299. The third-order valence-corrected chi connectivity index (χ3v) is 0.792. The fourth-order valence-electron chi connectivity index (χ4n) is 0.299. The van der Waals surface area contributed by atoms with Gasteiger partial charge in [-0.15, -0.1) is 5.01 Å². The molecular formula is C3H10N3NaO3. The molecule has 7 heteroatoms. The van der Waals surface area contributed by atoms with Crippen LogP contribution in [-0.2, 0) is 0 Å². The summed E-state index contributed by atoms with van der Waals surface area (Å²) in [4.78, 5) is -0.0176. The first-order valence-corrected chi connectivity index (χ1v) is 2.36. The molecule has 56 valence electrons. The molecule has 0 amide bonds. The molecule has 0 aliphatic carbocycles. The third kappa shape index (κ3) is 4.80. The number of aliphatic hydroxyl groups excluding tert-OH is 1. The maximum atomic E-state index is 10.2. The van der Waals surface area contributed by atoms with Gasteiger partial charge in [-0.1, -0.05) is 0 Å². The summed E-state index contributed by atoms with van der Waals surface area (Å²) < 4.78 is 0. The van der Waals surface area contributed by atoms with Gasteiger partial charge in [-0.2, -0.15) is 0 Å². The Balaban J connectivity index is 0. The summed E-state index contributed by atoms with van der Waals surface area (Å²) in [5, 5.41) is 29.6. The average Bonchev–Trinajstić information content (AvgIpc) is 1.87. The van der Waals surface area contributed by atoms with E-state index >= 15 is 0 Å². The summed E-state index contributed by atoms with van der Waals surface area (Å²) in [6.45, 7) is -0.00167. The summed E-state index contributed by atoms with van der Waals surface area (Å²) in [6, 6.07) is 0. The number of likely N-dealkylation sites (N-methyl/N-ethyl adjacent to an activating group) is 1. The van der Waals surface area contributed by atoms with Crippen molar-refractivity contribution in [2.24, 2.45) is 5.28 Å². The molecule has 0 aromatic carbocycles. The minimum absolute atomic E-state index is 0. The van der Waals surface area contributed by atoms with Gasteiger partial charge < -0.3 is 15.5 Å². The Morgan fingerprint density at radius 3 is 2.50 bits per heavy atom. The second-order valence-electron chi connectivity index (χ2n) is 1.45. The molecule has 0 saturated heterocycles. The third-order valence-electron chi connectivity index (χ3n) is 0.792. The second kappa shape index (κ2) is 7.07. The summed E-state index contributed by atoms with van der Waals surface area (Å²) in [7, 11) is 1.39. The number of hydrogen-bond acceptors (Lipinski definition) is 3. The van der Waals surface area contributed by atoms with E-state index < -0.39 is 0 Å². The molecule has 0 unspecified atom stereocenters. The van der Waals surface area contributed by atoms with E-state index in [1.807, 2.05) is 0 Å². The van der Waals surface area contributed by atoms with Gasteiger partial charge in [0.1, 0.15) is 0 Å². The van der Waals surface area contributed by atoms with E-state index in [2.05, 4.69) is 5.28 Å². The van der Waals surface area contributed by atoms with Gasteiger partial charge in [0, 0.05) is 0 Å². The van der Waals surface area contributed by atoms with Gasteiger partial charge in [0.15, 0.2) is 0 Å². The minimum atomic E-state index is -0.148. The Labute approximate surface area is 80.6 Å². The van der Waals surface area contributed by atoms with Crippen molar-refractivity contribution in [3.63, 3.8) is 0 Å². The van der Waals surface area contributed by atoms with Crippen LogP contribution in [0.5, 0.6) is 0 Å². The van der Waals surface area contributed by atoms with Gasteiger partial charge in [0.2, 0.25) is 5.28 Å². The first-order valence-electron chi connectivity index (χ1n) is 2.36. The van der Waals surface area contributed by atoms with Crippen LogP contribution in [0.1, 0.15) is 0 Å². The molecule has 0 aliphatic heterocycles. The molecule has 0 aromatic heterocycles. The van der Waals surface area contributed by atoms with Crippen LogP contribution in [0.2, 0.25) is 0 Å². The molecule has 0 aromatic rings. The van der Waals surface area contributed by atoms with Crippen molar-refractivity contribution in [1.29, 1.82) is 0 Å². The van der Waals surface area contributed by atoms with Crippen LogP contribution in [0.25, 0.3) is 0 Å². The summed E-state index contributed by atoms with van der Waals surface area (Å²) in [5.41, 5.74) is 0. The van der Waals surface area contributed by atoms with Crippen LogP contribution in [0, 0.1) is 5.21 Å². The zero-order valence-electron chi connectivity index (χ0n) is 5.06. The Kier molecular flexibility index (Phi) is 8.92. The normalized spacial score (nSPS) is 10.4. The van der Waals surface area contributed by atoms with Crippen molar-refractivity contribution in [1.82, 2.24) is 5.01 Å². The summed E-state index contributed by atoms with van der Waals surface area (Å²) in [5.74, 6) is 0. The standard InChI is InChI=1S/C3H9N3O3.Na.H/c1-5(2-3-7)6(9)4-8;;/h7-8H,2-3H2,1H3;;/b6-4+;;. The number of aliphatic hydroxyl groups is 1. The van der Waals surface area contributed by atoms with E-state index in [9.17, 15) is 5.21 Å². The van der Waals surface area contributed by atoms with Gasteiger partial charge in [-0.3, -0.25) is 0 Å². The number of rotatable bonds is 3. The first-order chi connectivity index (χ1) is 4.22. The molecule has 0 rings (SSSR count). The molecular weight excluding hydrogens is 149 g/mol. The van der Waals surface area contributed by atoms with Gasteiger partial charge in [-0.25, -0.2) is 0 Å². The van der Waals surface area contributed by atoms with Gasteiger partial charge >= 0.3 is 29.6 Å². The van der Waals surface area contributed by atoms with Crippen molar-refractivity contribution >= 4 is 29.6 Å². The molecule has 2 N–H and O–H groups in total. The number of hydrazine groups is 1. The van der Waals surface area contributed by atoms with Crippen molar-refractivity contribution in [3.05, 3.63) is 5.21 Å². The van der Waals surface area contributed by atoms with Crippen LogP contribution in [0.15, 0.2) is 5.28 Å². The number of nitrogens with zero attached hydrogens (tertiary/aromatic N) is 3. The molecule has 0 heterocycles. The second-order valence-corrected chi connectivity index (χ2v) is 1.45. The molecule has 0 aliphatic rings. The molecule has 0 bridgehead atoms. The Morgan fingerprint density at radius 1 is 1.70 bits per heavy atom. The van der Waals surface area contributed by atoms with E-state index in [0.717, 1.165) is 5.01 Å². The number of hydrogen-bond donors (Lipinski definition) is 2. The Hall–Kier alpha value is -0.0400. The Bertz CT molecular complexity index is 109. The van der Waals surface area contributed by atoms with Gasteiger partial charge in [-0.05, 0) is 0 Å².